The lowest BCUT2D eigenvalue weighted by Crippen LogP contribution is -2.40. The van der Waals surface area contributed by atoms with E-state index < -0.39 is 18.5 Å². The summed E-state index contributed by atoms with van der Waals surface area (Å²) < 4.78 is 11.7. The van der Waals surface area contributed by atoms with Gasteiger partial charge in [-0.3, -0.25) is 9.59 Å². The van der Waals surface area contributed by atoms with E-state index in [0.717, 1.165) is 5.56 Å². The lowest BCUT2D eigenvalue weighted by molar-refractivity contribution is -0.135. The van der Waals surface area contributed by atoms with Crippen molar-refractivity contribution < 1.29 is 23.8 Å². The molecule has 30 heavy (non-hydrogen) atoms. The van der Waals surface area contributed by atoms with Gasteiger partial charge in [0.05, 0.1) is 22.5 Å². The lowest BCUT2D eigenvalue weighted by atomic mass is 10.1. The first-order valence-electron chi connectivity index (χ1n) is 9.05. The van der Waals surface area contributed by atoms with Gasteiger partial charge in [-0.2, -0.15) is 0 Å². The van der Waals surface area contributed by atoms with Crippen LogP contribution < -0.4 is 20.8 Å². The summed E-state index contributed by atoms with van der Waals surface area (Å²) in [6.45, 7) is 1.68. The highest BCUT2D eigenvalue weighted by Gasteiger charge is 2.14. The molecule has 0 atom stereocenters. The Labute approximate surface area is 176 Å². The third kappa shape index (κ3) is 5.09. The zero-order valence-corrected chi connectivity index (χ0v) is 16.8. The van der Waals surface area contributed by atoms with Gasteiger partial charge >= 0.3 is 12.0 Å². The average molecular weight is 431 g/mol. The number of carboxylic acids is 1. The fourth-order valence-corrected chi connectivity index (χ4v) is 2.99. The van der Waals surface area contributed by atoms with Crippen LogP contribution >= 0.6 is 11.6 Å². The SMILES string of the molecule is Cc1ccc(-c2cc(=O)c3cccc(Cl)c3o2)c(OCCNC(=O)NCC(=O)O)c1. The number of para-hydroxylation sites is 1. The minimum atomic E-state index is -1.14. The van der Waals surface area contributed by atoms with Crippen molar-refractivity contribution in [3.63, 3.8) is 0 Å². The molecule has 3 rings (SSSR count). The molecule has 0 fully saturated rings. The molecule has 0 saturated heterocycles. The Hall–Kier alpha value is -3.52. The molecule has 2 aromatic carbocycles. The summed E-state index contributed by atoms with van der Waals surface area (Å²) in [6, 6.07) is 11.2. The third-order valence-electron chi connectivity index (χ3n) is 4.15. The zero-order valence-electron chi connectivity index (χ0n) is 16.0. The van der Waals surface area contributed by atoms with E-state index in [1.54, 1.807) is 30.3 Å². The van der Waals surface area contributed by atoms with Crippen LogP contribution in [0.15, 0.2) is 51.7 Å². The normalized spacial score (nSPS) is 10.6. The largest absolute Gasteiger partial charge is 0.491 e. The topological polar surface area (TPSA) is 118 Å². The van der Waals surface area contributed by atoms with Crippen molar-refractivity contribution in [3.05, 3.63) is 63.3 Å². The van der Waals surface area contributed by atoms with Gasteiger partial charge in [0.25, 0.3) is 0 Å². The number of aryl methyl sites for hydroxylation is 1. The number of aliphatic carboxylic acids is 1. The Morgan fingerprint density at radius 3 is 2.73 bits per heavy atom. The fourth-order valence-electron chi connectivity index (χ4n) is 2.77. The number of amides is 2. The maximum absolute atomic E-state index is 12.5. The molecule has 3 aromatic rings. The number of nitrogens with one attached hydrogen (secondary N) is 2. The minimum absolute atomic E-state index is 0.121. The number of carbonyl (C=O) groups is 2. The first-order valence-corrected chi connectivity index (χ1v) is 9.42. The number of ether oxygens (including phenoxy) is 1. The standard InChI is InChI=1S/C21H19ClN2O6/c1-12-5-6-14(17(9-12)29-8-7-23-21(28)24-11-19(26)27)18-10-16(25)13-3-2-4-15(22)20(13)30-18/h2-6,9-10H,7-8,11H2,1H3,(H,26,27)(H2,23,24,28). The maximum Gasteiger partial charge on any atom is 0.323 e. The summed E-state index contributed by atoms with van der Waals surface area (Å²) in [5.74, 6) is -0.358. The first kappa shape index (κ1) is 21.2. The third-order valence-corrected chi connectivity index (χ3v) is 4.45. The van der Waals surface area contributed by atoms with E-state index in [9.17, 15) is 14.4 Å². The van der Waals surface area contributed by atoms with Gasteiger partial charge in [-0.25, -0.2) is 4.79 Å². The van der Waals surface area contributed by atoms with Crippen molar-refractivity contribution in [2.75, 3.05) is 19.7 Å². The molecule has 0 bridgehead atoms. The van der Waals surface area contributed by atoms with Crippen LogP contribution in [0.5, 0.6) is 5.75 Å². The predicted octanol–water partition coefficient (Wildman–Crippen LogP) is 3.18. The molecule has 1 heterocycles. The van der Waals surface area contributed by atoms with Crippen LogP contribution in [0.4, 0.5) is 4.79 Å². The number of benzene rings is 2. The van der Waals surface area contributed by atoms with Crippen molar-refractivity contribution >= 4 is 34.6 Å². The number of urea groups is 1. The summed E-state index contributed by atoms with van der Waals surface area (Å²) in [7, 11) is 0. The molecule has 8 nitrogen and oxygen atoms in total. The van der Waals surface area contributed by atoms with E-state index in [0.29, 0.717) is 33.1 Å². The smallest absolute Gasteiger partial charge is 0.323 e. The van der Waals surface area contributed by atoms with Crippen LogP contribution in [0.25, 0.3) is 22.3 Å². The summed E-state index contributed by atoms with van der Waals surface area (Å²) in [4.78, 5) is 34.4. The highest BCUT2D eigenvalue weighted by molar-refractivity contribution is 6.34. The highest BCUT2D eigenvalue weighted by Crippen LogP contribution is 2.33. The summed E-state index contributed by atoms with van der Waals surface area (Å²) in [5, 5.41) is 13.9. The molecule has 156 valence electrons. The van der Waals surface area contributed by atoms with Crippen molar-refractivity contribution in [1.82, 2.24) is 10.6 Å². The number of fused-ring (bicyclic) bond motifs is 1. The molecule has 3 N–H and O–H groups in total. The molecule has 0 radical (unpaired) electrons. The number of carbonyl (C=O) groups excluding carboxylic acids is 1. The maximum atomic E-state index is 12.5. The van der Waals surface area contributed by atoms with E-state index in [-0.39, 0.29) is 18.6 Å². The Bertz CT molecular complexity index is 1160. The average Bonchev–Trinajstić information content (AvgIpc) is 2.70. The van der Waals surface area contributed by atoms with Crippen LogP contribution in [-0.2, 0) is 4.79 Å². The van der Waals surface area contributed by atoms with Crippen LogP contribution in [0.1, 0.15) is 5.56 Å². The second kappa shape index (κ2) is 9.32. The van der Waals surface area contributed by atoms with Gasteiger partial charge < -0.3 is 24.9 Å². The predicted molar refractivity (Wildman–Crippen MR) is 112 cm³/mol. The first-order chi connectivity index (χ1) is 14.3. The number of rotatable bonds is 7. The quantitative estimate of drug-likeness (QED) is 0.495. The molecule has 0 spiro atoms. The molecule has 0 aliphatic rings. The number of hydrogen-bond acceptors (Lipinski definition) is 5. The van der Waals surface area contributed by atoms with Gasteiger partial charge in [-0.05, 0) is 36.8 Å². The summed E-state index contributed by atoms with van der Waals surface area (Å²) in [5.41, 5.74) is 1.57. The Morgan fingerprint density at radius 1 is 1.17 bits per heavy atom. The van der Waals surface area contributed by atoms with Gasteiger partial charge in [0.2, 0.25) is 0 Å². The molecule has 0 unspecified atom stereocenters. The zero-order chi connectivity index (χ0) is 21.7. The minimum Gasteiger partial charge on any atom is -0.491 e. The van der Waals surface area contributed by atoms with Gasteiger partial charge in [-0.15, -0.1) is 0 Å². The summed E-state index contributed by atoms with van der Waals surface area (Å²) >= 11 is 6.18. The molecule has 2 amide bonds. The summed E-state index contributed by atoms with van der Waals surface area (Å²) in [6.07, 6.45) is 0. The second-order valence-corrected chi connectivity index (χ2v) is 6.85. The van der Waals surface area contributed by atoms with Crippen molar-refractivity contribution in [3.8, 4) is 17.1 Å². The van der Waals surface area contributed by atoms with Gasteiger partial charge in [0, 0.05) is 6.07 Å². The second-order valence-electron chi connectivity index (χ2n) is 6.44. The van der Waals surface area contributed by atoms with Crippen LogP contribution in [0, 0.1) is 6.92 Å². The van der Waals surface area contributed by atoms with E-state index in [4.69, 9.17) is 25.9 Å². The van der Waals surface area contributed by atoms with E-state index >= 15 is 0 Å². The van der Waals surface area contributed by atoms with Crippen molar-refractivity contribution in [2.45, 2.75) is 6.92 Å². The van der Waals surface area contributed by atoms with Gasteiger partial charge in [0.15, 0.2) is 11.0 Å². The molecule has 0 saturated carbocycles. The molecule has 1 aromatic heterocycles. The monoisotopic (exact) mass is 430 g/mol. The number of halogens is 1. The fraction of sp³-hybridized carbons (Fsp3) is 0.190. The Kier molecular flexibility index (Phi) is 6.58. The highest BCUT2D eigenvalue weighted by atomic mass is 35.5. The van der Waals surface area contributed by atoms with Crippen molar-refractivity contribution in [1.29, 1.82) is 0 Å². The Balaban J connectivity index is 1.79. The van der Waals surface area contributed by atoms with E-state index in [1.807, 2.05) is 13.0 Å². The van der Waals surface area contributed by atoms with Crippen LogP contribution in [0.3, 0.4) is 0 Å². The van der Waals surface area contributed by atoms with Gasteiger partial charge in [-0.1, -0.05) is 23.7 Å². The van der Waals surface area contributed by atoms with E-state index in [1.165, 1.54) is 6.07 Å². The molecule has 0 aliphatic heterocycles. The van der Waals surface area contributed by atoms with E-state index in [2.05, 4.69) is 10.6 Å². The van der Waals surface area contributed by atoms with Crippen LogP contribution in [0.2, 0.25) is 5.02 Å². The van der Waals surface area contributed by atoms with Gasteiger partial charge in [0.1, 0.15) is 24.7 Å². The number of carboxylic acid groups (broad SMARTS) is 1. The Morgan fingerprint density at radius 2 is 1.97 bits per heavy atom. The number of hydrogen-bond donors (Lipinski definition) is 3. The lowest BCUT2D eigenvalue weighted by Gasteiger charge is -2.13. The molecular weight excluding hydrogens is 412 g/mol. The van der Waals surface area contributed by atoms with Crippen molar-refractivity contribution in [2.24, 2.45) is 0 Å². The molecular formula is C21H19ClN2O6. The molecule has 0 aliphatic carbocycles. The van der Waals surface area contributed by atoms with Crippen LogP contribution in [-0.4, -0.2) is 36.8 Å². The molecule has 9 heteroatoms.